The first-order valence-corrected chi connectivity index (χ1v) is 34.1. The summed E-state index contributed by atoms with van der Waals surface area (Å²) >= 11 is 0. The molecule has 0 rings (SSSR count). The predicted octanol–water partition coefficient (Wildman–Crippen LogP) is 20.6. The first-order chi connectivity index (χ1) is 33.1. The van der Waals surface area contributed by atoms with Crippen LogP contribution in [0.1, 0.15) is 373 Å². The van der Waals surface area contributed by atoms with Gasteiger partial charge in [-0.1, -0.05) is 361 Å². The van der Waals surface area contributed by atoms with Crippen LogP contribution in [-0.4, -0.2) is 60.5 Å². The maximum Gasteiger partial charge on any atom is 2.00 e. The van der Waals surface area contributed by atoms with Crippen molar-refractivity contribution in [3.05, 3.63) is 0 Å². The molecule has 0 heterocycles. The maximum atomic E-state index is 10.5. The second-order valence-corrected chi connectivity index (χ2v) is 24.7. The van der Waals surface area contributed by atoms with Gasteiger partial charge in [-0.15, -0.1) is 0 Å². The van der Waals surface area contributed by atoms with E-state index < -0.39 is 20.2 Å². The molecule has 412 valence electrons. The minimum Gasteiger partial charge on any atom is -0.748 e. The molecule has 0 amide bonds. The topological polar surface area (TPSA) is 114 Å². The number of unbranched alkanes of at least 4 members (excludes halogenated alkanes) is 54. The zero-order chi connectivity index (χ0) is 50.0. The molecule has 0 saturated heterocycles. The van der Waals surface area contributed by atoms with Crippen LogP contribution >= 0.6 is 0 Å². The van der Waals surface area contributed by atoms with E-state index in [1.807, 2.05) is 0 Å². The SMILES string of the molecule is CCCCCCCCCCCCCCCCCCCCCCCCCCCCCCS(=O)(=O)[O-].CCCCCCCCCCCCCCCCCCCCCCCCCCCCCCS(=O)(=O)[O-].[Mg+2]. The number of rotatable bonds is 58. The molecular weight excluding hydrogens is 905 g/mol. The Bertz CT molecular complexity index is 1050. The van der Waals surface area contributed by atoms with Crippen molar-refractivity contribution < 1.29 is 25.9 Å². The van der Waals surface area contributed by atoms with Gasteiger partial charge in [-0.2, -0.15) is 0 Å². The molecule has 0 radical (unpaired) electrons. The Hall–Kier alpha value is 0.586. The molecule has 0 atom stereocenters. The summed E-state index contributed by atoms with van der Waals surface area (Å²) in [7, 11) is -8.01. The van der Waals surface area contributed by atoms with Crippen molar-refractivity contribution in [2.45, 2.75) is 373 Å². The Morgan fingerprint density at radius 3 is 0.362 bits per heavy atom. The Morgan fingerprint density at radius 1 is 0.188 bits per heavy atom. The standard InChI is InChI=1S/2C30H62O3S.Mg/c2*1-2-3-4-5-6-7-8-9-10-11-12-13-14-15-16-17-18-19-20-21-22-23-24-25-26-27-28-29-30-34(31,32)33;/h2*2-30H2,1H3,(H,31,32,33);/q;;+2/p-2. The minimum absolute atomic E-state index is 0. The zero-order valence-electron chi connectivity index (χ0n) is 47.0. The van der Waals surface area contributed by atoms with E-state index in [0.717, 1.165) is 25.7 Å². The van der Waals surface area contributed by atoms with Gasteiger partial charge in [-0.3, -0.25) is 0 Å². The van der Waals surface area contributed by atoms with Gasteiger partial charge in [0.2, 0.25) is 0 Å². The van der Waals surface area contributed by atoms with Gasteiger partial charge in [-0.25, -0.2) is 16.8 Å². The molecule has 0 spiro atoms. The van der Waals surface area contributed by atoms with Gasteiger partial charge in [0.05, 0.1) is 20.2 Å². The number of hydrogen-bond acceptors (Lipinski definition) is 6. The van der Waals surface area contributed by atoms with Gasteiger partial charge in [0.25, 0.3) is 0 Å². The first kappa shape index (κ1) is 73.8. The quantitative estimate of drug-likeness (QED) is 0.0340. The number of hydrogen-bond donors (Lipinski definition) is 0. The van der Waals surface area contributed by atoms with Gasteiger partial charge in [-0.05, 0) is 12.8 Å². The minimum atomic E-state index is -4.00. The molecule has 0 aromatic heterocycles. The van der Waals surface area contributed by atoms with Crippen molar-refractivity contribution in [3.63, 3.8) is 0 Å². The van der Waals surface area contributed by atoms with Crippen LogP contribution < -0.4 is 0 Å². The molecule has 0 aromatic carbocycles. The van der Waals surface area contributed by atoms with E-state index in [0.29, 0.717) is 12.8 Å². The van der Waals surface area contributed by atoms with Crippen LogP contribution in [0.4, 0.5) is 0 Å². The van der Waals surface area contributed by atoms with E-state index >= 15 is 0 Å². The molecule has 0 fully saturated rings. The van der Waals surface area contributed by atoms with E-state index in [9.17, 15) is 25.9 Å². The summed E-state index contributed by atoms with van der Waals surface area (Å²) in [6.45, 7) is 4.59. The fourth-order valence-corrected chi connectivity index (χ4v) is 11.0. The molecule has 0 aliphatic rings. The van der Waals surface area contributed by atoms with Crippen LogP contribution in [0, 0.1) is 0 Å². The molecule has 9 heteroatoms. The summed E-state index contributed by atoms with van der Waals surface area (Å²) in [4.78, 5) is 0. The third-order valence-electron chi connectivity index (χ3n) is 14.5. The van der Waals surface area contributed by atoms with Crippen molar-refractivity contribution in [1.82, 2.24) is 0 Å². The third-order valence-corrected chi connectivity index (χ3v) is 16.1. The van der Waals surface area contributed by atoms with Gasteiger partial charge in [0, 0.05) is 11.5 Å². The Labute approximate surface area is 451 Å². The van der Waals surface area contributed by atoms with Crippen molar-refractivity contribution in [2.75, 3.05) is 11.5 Å². The summed E-state index contributed by atoms with van der Waals surface area (Å²) in [5.41, 5.74) is 0. The third kappa shape index (κ3) is 77.6. The van der Waals surface area contributed by atoms with Crippen molar-refractivity contribution >= 4 is 43.3 Å². The molecule has 0 aromatic rings. The Morgan fingerprint density at radius 2 is 0.275 bits per heavy atom. The van der Waals surface area contributed by atoms with E-state index in [1.54, 1.807) is 0 Å². The summed E-state index contributed by atoms with van der Waals surface area (Å²) < 4.78 is 63.1. The van der Waals surface area contributed by atoms with Gasteiger partial charge in [0.1, 0.15) is 0 Å². The van der Waals surface area contributed by atoms with Crippen LogP contribution in [0.25, 0.3) is 0 Å². The average Bonchev–Trinajstić information content (AvgIpc) is 3.30. The van der Waals surface area contributed by atoms with Crippen LogP contribution in [0.2, 0.25) is 0 Å². The molecule has 6 nitrogen and oxygen atoms in total. The Balaban J connectivity index is -0.00000124. The monoisotopic (exact) mass is 1030 g/mol. The van der Waals surface area contributed by atoms with Crippen molar-refractivity contribution in [2.24, 2.45) is 0 Å². The summed E-state index contributed by atoms with van der Waals surface area (Å²) in [6.07, 6.45) is 75.5. The molecule has 0 bridgehead atoms. The van der Waals surface area contributed by atoms with Crippen LogP contribution in [0.5, 0.6) is 0 Å². The predicted molar refractivity (Wildman–Crippen MR) is 305 cm³/mol. The van der Waals surface area contributed by atoms with E-state index in [2.05, 4.69) is 13.8 Å². The van der Waals surface area contributed by atoms with Crippen LogP contribution in [0.15, 0.2) is 0 Å². The molecule has 0 aliphatic heterocycles. The van der Waals surface area contributed by atoms with Gasteiger partial charge < -0.3 is 9.11 Å². The van der Waals surface area contributed by atoms with E-state index in [4.69, 9.17) is 0 Å². The van der Waals surface area contributed by atoms with Crippen molar-refractivity contribution in [1.29, 1.82) is 0 Å². The second-order valence-electron chi connectivity index (χ2n) is 21.6. The van der Waals surface area contributed by atoms with Gasteiger partial charge in [0.15, 0.2) is 0 Å². The fourth-order valence-electron chi connectivity index (χ4n) is 9.90. The second kappa shape index (κ2) is 62.9. The maximum absolute atomic E-state index is 10.5. The summed E-state index contributed by atoms with van der Waals surface area (Å²) in [6, 6.07) is 0. The summed E-state index contributed by atoms with van der Waals surface area (Å²) in [5, 5.41) is 0. The summed E-state index contributed by atoms with van der Waals surface area (Å²) in [5.74, 6) is -0.376. The first-order valence-electron chi connectivity index (χ1n) is 31.0. The van der Waals surface area contributed by atoms with Crippen molar-refractivity contribution in [3.8, 4) is 0 Å². The molecule has 0 N–H and O–H groups in total. The molecule has 0 unspecified atom stereocenters. The largest absolute Gasteiger partial charge is 2.00 e. The zero-order valence-corrected chi connectivity index (χ0v) is 50.0. The fraction of sp³-hybridized carbons (Fsp3) is 1.00. The van der Waals surface area contributed by atoms with E-state index in [-0.39, 0.29) is 34.6 Å². The van der Waals surface area contributed by atoms with Crippen LogP contribution in [0.3, 0.4) is 0 Å². The molecule has 0 aliphatic carbocycles. The molecular formula is C60H122MgO6S2. The smallest absolute Gasteiger partial charge is 0.748 e. The molecule has 69 heavy (non-hydrogen) atoms. The normalized spacial score (nSPS) is 11.8. The Kier molecular flexibility index (Phi) is 67.3. The molecule has 0 saturated carbocycles. The van der Waals surface area contributed by atoms with Crippen LogP contribution in [-0.2, 0) is 20.2 Å². The van der Waals surface area contributed by atoms with Gasteiger partial charge >= 0.3 is 23.1 Å². The average molecular weight is 1030 g/mol. The van der Waals surface area contributed by atoms with E-state index in [1.165, 1.54) is 321 Å².